The summed E-state index contributed by atoms with van der Waals surface area (Å²) in [5.41, 5.74) is 1.05. The fourth-order valence-corrected chi connectivity index (χ4v) is 1.99. The van der Waals surface area contributed by atoms with E-state index in [0.717, 1.165) is 31.1 Å². The molecule has 2 rings (SSSR count). The van der Waals surface area contributed by atoms with E-state index in [4.69, 9.17) is 11.6 Å². The number of hydrogen-bond acceptors (Lipinski definition) is 5. The SMILES string of the molecule is O=[N+]([O-])C=C1NCCC(Cc2ccc(Cl)nc2)N1. The van der Waals surface area contributed by atoms with Crippen molar-refractivity contribution < 1.29 is 4.92 Å². The smallest absolute Gasteiger partial charge is 0.274 e. The van der Waals surface area contributed by atoms with Crippen molar-refractivity contribution >= 4 is 11.6 Å². The summed E-state index contributed by atoms with van der Waals surface area (Å²) in [5.74, 6) is 0.457. The van der Waals surface area contributed by atoms with E-state index in [0.29, 0.717) is 11.0 Å². The molecule has 1 aliphatic rings. The van der Waals surface area contributed by atoms with Gasteiger partial charge in [0.2, 0.25) is 0 Å². The summed E-state index contributed by atoms with van der Waals surface area (Å²) in [6.45, 7) is 0.721. The molecule has 2 heterocycles. The topological polar surface area (TPSA) is 80.1 Å². The van der Waals surface area contributed by atoms with Gasteiger partial charge in [0.15, 0.2) is 5.82 Å². The van der Waals surface area contributed by atoms with E-state index in [1.54, 1.807) is 12.3 Å². The fraction of sp³-hybridized carbons (Fsp3) is 0.364. The molecule has 1 fully saturated rings. The fourth-order valence-electron chi connectivity index (χ4n) is 1.88. The van der Waals surface area contributed by atoms with E-state index in [1.165, 1.54) is 0 Å². The monoisotopic (exact) mass is 268 g/mol. The Bertz CT molecular complexity index is 461. The highest BCUT2D eigenvalue weighted by Gasteiger charge is 2.17. The van der Waals surface area contributed by atoms with E-state index in [9.17, 15) is 10.1 Å². The molecule has 1 aliphatic heterocycles. The summed E-state index contributed by atoms with van der Waals surface area (Å²) < 4.78 is 0. The van der Waals surface area contributed by atoms with E-state index in [-0.39, 0.29) is 6.04 Å². The van der Waals surface area contributed by atoms with Gasteiger partial charge < -0.3 is 10.6 Å². The van der Waals surface area contributed by atoms with Crippen LogP contribution in [0.5, 0.6) is 0 Å². The van der Waals surface area contributed by atoms with Crippen molar-refractivity contribution in [3.05, 3.63) is 51.2 Å². The quantitative estimate of drug-likeness (QED) is 0.491. The number of aromatic nitrogens is 1. The van der Waals surface area contributed by atoms with E-state index >= 15 is 0 Å². The van der Waals surface area contributed by atoms with E-state index in [2.05, 4.69) is 15.6 Å². The Labute approximate surface area is 109 Å². The standard InChI is InChI=1S/C11H13ClN4O2/c12-10-2-1-8(6-14-10)5-9-3-4-13-11(15-9)7-16(17)18/h1-2,6-7,9,13,15H,3-5H2. The average molecular weight is 269 g/mol. The van der Waals surface area contributed by atoms with Gasteiger partial charge in [0.05, 0.1) is 4.92 Å². The molecule has 1 unspecified atom stereocenters. The van der Waals surface area contributed by atoms with Gasteiger partial charge in [0, 0.05) is 18.8 Å². The van der Waals surface area contributed by atoms with Gasteiger partial charge in [-0.15, -0.1) is 0 Å². The van der Waals surface area contributed by atoms with Crippen molar-refractivity contribution in [2.45, 2.75) is 18.9 Å². The summed E-state index contributed by atoms with van der Waals surface area (Å²) >= 11 is 5.71. The Morgan fingerprint density at radius 1 is 1.61 bits per heavy atom. The highest BCUT2D eigenvalue weighted by atomic mass is 35.5. The summed E-state index contributed by atoms with van der Waals surface area (Å²) in [6, 6.07) is 3.82. The van der Waals surface area contributed by atoms with Crippen LogP contribution in [-0.2, 0) is 6.42 Å². The van der Waals surface area contributed by atoms with Crippen molar-refractivity contribution in [1.29, 1.82) is 0 Å². The van der Waals surface area contributed by atoms with Crippen molar-refractivity contribution in [1.82, 2.24) is 15.6 Å². The molecule has 1 atom stereocenters. The molecule has 0 aliphatic carbocycles. The van der Waals surface area contributed by atoms with Crippen molar-refractivity contribution in [3.63, 3.8) is 0 Å². The number of nitrogens with zero attached hydrogens (tertiary/aromatic N) is 2. The molecule has 6 nitrogen and oxygen atoms in total. The van der Waals surface area contributed by atoms with Crippen LogP contribution < -0.4 is 10.6 Å². The normalized spacial score (nSPS) is 21.2. The second-order valence-electron chi connectivity index (χ2n) is 4.08. The molecule has 0 radical (unpaired) electrons. The molecule has 0 saturated carbocycles. The molecule has 1 aromatic heterocycles. The third kappa shape index (κ3) is 3.59. The highest BCUT2D eigenvalue weighted by Crippen LogP contribution is 2.11. The molecular weight excluding hydrogens is 256 g/mol. The Morgan fingerprint density at radius 3 is 3.11 bits per heavy atom. The first-order valence-electron chi connectivity index (χ1n) is 5.59. The van der Waals surface area contributed by atoms with Gasteiger partial charge in [-0.1, -0.05) is 17.7 Å². The third-order valence-electron chi connectivity index (χ3n) is 2.67. The van der Waals surface area contributed by atoms with Crippen LogP contribution in [0.3, 0.4) is 0 Å². The molecule has 7 heteroatoms. The van der Waals surface area contributed by atoms with Crippen LogP contribution in [0.2, 0.25) is 5.15 Å². The largest absolute Gasteiger partial charge is 0.367 e. The lowest BCUT2D eigenvalue weighted by Gasteiger charge is -2.26. The molecular formula is C11H13ClN4O2. The molecule has 2 N–H and O–H groups in total. The zero-order chi connectivity index (χ0) is 13.0. The summed E-state index contributed by atoms with van der Waals surface area (Å²) in [5, 5.41) is 16.9. The third-order valence-corrected chi connectivity index (χ3v) is 2.90. The molecule has 0 bridgehead atoms. The van der Waals surface area contributed by atoms with Gasteiger partial charge in [-0.3, -0.25) is 10.1 Å². The Morgan fingerprint density at radius 2 is 2.44 bits per heavy atom. The Kier molecular flexibility index (Phi) is 3.99. The zero-order valence-corrected chi connectivity index (χ0v) is 10.4. The summed E-state index contributed by atoms with van der Waals surface area (Å²) in [4.78, 5) is 13.9. The molecule has 0 spiro atoms. The first kappa shape index (κ1) is 12.6. The lowest BCUT2D eigenvalue weighted by Crippen LogP contribution is -2.44. The van der Waals surface area contributed by atoms with Crippen LogP contribution in [0.25, 0.3) is 0 Å². The number of hydrogen-bond donors (Lipinski definition) is 2. The van der Waals surface area contributed by atoms with E-state index in [1.807, 2.05) is 6.07 Å². The van der Waals surface area contributed by atoms with Crippen LogP contribution in [0.15, 0.2) is 30.4 Å². The molecule has 1 saturated heterocycles. The molecule has 18 heavy (non-hydrogen) atoms. The summed E-state index contributed by atoms with van der Waals surface area (Å²) in [6.07, 6.45) is 4.34. The van der Waals surface area contributed by atoms with E-state index < -0.39 is 4.92 Å². The number of halogens is 1. The first-order chi connectivity index (χ1) is 8.63. The lowest BCUT2D eigenvalue weighted by atomic mass is 10.0. The molecule has 1 aromatic rings. The van der Waals surface area contributed by atoms with Crippen LogP contribution in [-0.4, -0.2) is 22.5 Å². The van der Waals surface area contributed by atoms with Crippen LogP contribution >= 0.6 is 11.6 Å². The van der Waals surface area contributed by atoms with Crippen molar-refractivity contribution in [2.75, 3.05) is 6.54 Å². The summed E-state index contributed by atoms with van der Waals surface area (Å²) in [7, 11) is 0. The number of rotatable bonds is 3. The number of pyridine rings is 1. The van der Waals surface area contributed by atoms with Crippen LogP contribution in [0.1, 0.15) is 12.0 Å². The minimum atomic E-state index is -0.471. The van der Waals surface area contributed by atoms with Gasteiger partial charge in [0.25, 0.3) is 6.20 Å². The second-order valence-corrected chi connectivity index (χ2v) is 4.47. The Balaban J connectivity index is 1.97. The minimum Gasteiger partial charge on any atom is -0.367 e. The maximum atomic E-state index is 10.4. The highest BCUT2D eigenvalue weighted by molar-refractivity contribution is 6.29. The maximum absolute atomic E-state index is 10.4. The van der Waals surface area contributed by atoms with Gasteiger partial charge in [0.1, 0.15) is 5.15 Å². The van der Waals surface area contributed by atoms with Crippen molar-refractivity contribution in [2.24, 2.45) is 0 Å². The molecule has 0 aromatic carbocycles. The number of nitrogens with one attached hydrogen (secondary N) is 2. The predicted molar refractivity (Wildman–Crippen MR) is 67.6 cm³/mol. The van der Waals surface area contributed by atoms with Crippen molar-refractivity contribution in [3.8, 4) is 0 Å². The zero-order valence-electron chi connectivity index (χ0n) is 9.60. The van der Waals surface area contributed by atoms with Gasteiger partial charge >= 0.3 is 0 Å². The average Bonchev–Trinajstić information content (AvgIpc) is 2.32. The Hall–Kier alpha value is -1.82. The van der Waals surface area contributed by atoms with Crippen LogP contribution in [0, 0.1) is 10.1 Å². The second kappa shape index (κ2) is 5.68. The lowest BCUT2D eigenvalue weighted by molar-refractivity contribution is -0.404. The van der Waals surface area contributed by atoms with Gasteiger partial charge in [-0.05, 0) is 24.5 Å². The predicted octanol–water partition coefficient (Wildman–Crippen LogP) is 1.30. The maximum Gasteiger partial charge on any atom is 0.274 e. The van der Waals surface area contributed by atoms with Gasteiger partial charge in [-0.2, -0.15) is 0 Å². The van der Waals surface area contributed by atoms with Crippen LogP contribution in [0.4, 0.5) is 0 Å². The number of nitro groups is 1. The first-order valence-corrected chi connectivity index (χ1v) is 5.97. The molecule has 96 valence electrons. The minimum absolute atomic E-state index is 0.167. The van der Waals surface area contributed by atoms with Gasteiger partial charge in [-0.25, -0.2) is 4.98 Å². The molecule has 0 amide bonds.